The molecule has 0 bridgehead atoms. The Morgan fingerprint density at radius 1 is 1.48 bits per heavy atom. The van der Waals surface area contributed by atoms with Crippen LogP contribution in [0, 0.1) is 0 Å². The summed E-state index contributed by atoms with van der Waals surface area (Å²) in [4.78, 5) is 14.1. The predicted molar refractivity (Wildman–Crippen MR) is 81.6 cm³/mol. The van der Waals surface area contributed by atoms with E-state index in [1.165, 1.54) is 0 Å². The number of hydrogen-bond donors (Lipinski definition) is 1. The number of ether oxygens (including phenoxy) is 2. The van der Waals surface area contributed by atoms with Crippen LogP contribution in [0.5, 0.6) is 5.75 Å². The molecule has 1 saturated heterocycles. The monoisotopic (exact) mass is 292 g/mol. The van der Waals surface area contributed by atoms with E-state index in [0.717, 1.165) is 31.0 Å². The number of carbonyl (C=O) groups excluding carboxylic acids is 1. The van der Waals surface area contributed by atoms with E-state index in [-0.39, 0.29) is 12.0 Å². The summed E-state index contributed by atoms with van der Waals surface area (Å²) in [6.45, 7) is 3.14. The van der Waals surface area contributed by atoms with Crippen LogP contribution in [0.15, 0.2) is 24.3 Å². The summed E-state index contributed by atoms with van der Waals surface area (Å²) < 4.78 is 10.9. The summed E-state index contributed by atoms with van der Waals surface area (Å²) in [7, 11) is 3.72. The summed E-state index contributed by atoms with van der Waals surface area (Å²) in [5.41, 5.74) is 1.06. The maximum atomic E-state index is 11.9. The Labute approximate surface area is 126 Å². The number of nitrogens with zero attached hydrogens (tertiary/aromatic N) is 1. The van der Waals surface area contributed by atoms with E-state index >= 15 is 0 Å². The number of morpholine rings is 1. The van der Waals surface area contributed by atoms with Gasteiger partial charge >= 0.3 is 0 Å². The van der Waals surface area contributed by atoms with Gasteiger partial charge in [-0.2, -0.15) is 0 Å². The summed E-state index contributed by atoms with van der Waals surface area (Å²) in [6.07, 6.45) is 1.24. The summed E-state index contributed by atoms with van der Waals surface area (Å²) in [5.74, 6) is 0.889. The molecule has 116 valence electrons. The minimum absolute atomic E-state index is 0.0535. The van der Waals surface area contributed by atoms with Gasteiger partial charge in [-0.3, -0.25) is 4.79 Å². The molecule has 1 aliphatic heterocycles. The van der Waals surface area contributed by atoms with Crippen LogP contribution < -0.4 is 10.1 Å². The Hall–Kier alpha value is -1.59. The Morgan fingerprint density at radius 3 is 3.05 bits per heavy atom. The van der Waals surface area contributed by atoms with Gasteiger partial charge in [0.25, 0.3) is 0 Å². The maximum Gasteiger partial charge on any atom is 0.220 e. The number of para-hydroxylation sites is 1. The molecule has 2 rings (SSSR count). The first kappa shape index (κ1) is 15.8. The van der Waals surface area contributed by atoms with Crippen LogP contribution in [-0.2, 0) is 16.0 Å². The standard InChI is InChI=1S/C16H24N2O3/c1-18-9-10-21-14(12-18)11-17-16(19)8-7-13-5-3-4-6-15(13)20-2/h3-6,14H,7-12H2,1-2H3,(H,17,19). The lowest BCUT2D eigenvalue weighted by Gasteiger charge is -2.30. The molecule has 1 fully saturated rings. The van der Waals surface area contributed by atoms with Crippen molar-refractivity contribution < 1.29 is 14.3 Å². The number of likely N-dealkylation sites (N-methyl/N-ethyl adjacent to an activating group) is 1. The van der Waals surface area contributed by atoms with Crippen molar-refractivity contribution in [1.82, 2.24) is 10.2 Å². The van der Waals surface area contributed by atoms with Crippen LogP contribution in [0.2, 0.25) is 0 Å². The first-order valence-corrected chi connectivity index (χ1v) is 7.38. The number of methoxy groups -OCH3 is 1. The maximum absolute atomic E-state index is 11.9. The van der Waals surface area contributed by atoms with Crippen molar-refractivity contribution >= 4 is 5.91 Å². The molecule has 1 aliphatic rings. The minimum atomic E-state index is 0.0535. The van der Waals surface area contributed by atoms with Crippen LogP contribution in [0.1, 0.15) is 12.0 Å². The first-order valence-electron chi connectivity index (χ1n) is 7.38. The Balaban J connectivity index is 1.72. The Morgan fingerprint density at radius 2 is 2.29 bits per heavy atom. The molecule has 0 radical (unpaired) electrons. The molecule has 1 unspecified atom stereocenters. The molecular weight excluding hydrogens is 268 g/mol. The number of carbonyl (C=O) groups is 1. The second-order valence-corrected chi connectivity index (χ2v) is 5.37. The van der Waals surface area contributed by atoms with Crippen molar-refractivity contribution in [3.8, 4) is 5.75 Å². The van der Waals surface area contributed by atoms with Crippen molar-refractivity contribution in [2.45, 2.75) is 18.9 Å². The lowest BCUT2D eigenvalue weighted by molar-refractivity contribution is -0.122. The normalized spacial score (nSPS) is 19.2. The lowest BCUT2D eigenvalue weighted by Crippen LogP contribution is -2.45. The number of nitrogens with one attached hydrogen (secondary N) is 1. The molecule has 5 nitrogen and oxygen atoms in total. The van der Waals surface area contributed by atoms with E-state index in [9.17, 15) is 4.79 Å². The zero-order chi connectivity index (χ0) is 15.1. The molecule has 5 heteroatoms. The molecule has 1 N–H and O–H groups in total. The minimum Gasteiger partial charge on any atom is -0.496 e. The molecule has 1 amide bonds. The van der Waals surface area contributed by atoms with Gasteiger partial charge in [0.2, 0.25) is 5.91 Å². The molecule has 1 atom stereocenters. The third kappa shape index (κ3) is 5.02. The smallest absolute Gasteiger partial charge is 0.220 e. The molecule has 1 heterocycles. The fourth-order valence-electron chi connectivity index (χ4n) is 2.46. The van der Waals surface area contributed by atoms with Crippen molar-refractivity contribution in [1.29, 1.82) is 0 Å². The van der Waals surface area contributed by atoms with E-state index < -0.39 is 0 Å². The summed E-state index contributed by atoms with van der Waals surface area (Å²) >= 11 is 0. The van der Waals surface area contributed by atoms with Crippen LogP contribution in [-0.4, -0.2) is 57.3 Å². The second-order valence-electron chi connectivity index (χ2n) is 5.37. The third-order valence-electron chi connectivity index (χ3n) is 3.68. The lowest BCUT2D eigenvalue weighted by atomic mass is 10.1. The molecule has 0 aliphatic carbocycles. The number of benzene rings is 1. The molecule has 0 spiro atoms. The molecule has 1 aromatic carbocycles. The van der Waals surface area contributed by atoms with Crippen molar-refractivity contribution in [2.75, 3.05) is 40.4 Å². The van der Waals surface area contributed by atoms with Gasteiger partial charge in [-0.05, 0) is 25.1 Å². The van der Waals surface area contributed by atoms with E-state index in [4.69, 9.17) is 9.47 Å². The fourth-order valence-corrected chi connectivity index (χ4v) is 2.46. The van der Waals surface area contributed by atoms with Crippen LogP contribution in [0.4, 0.5) is 0 Å². The van der Waals surface area contributed by atoms with Crippen molar-refractivity contribution in [3.63, 3.8) is 0 Å². The third-order valence-corrected chi connectivity index (χ3v) is 3.68. The second kappa shape index (κ2) is 8.00. The van der Waals surface area contributed by atoms with Crippen LogP contribution >= 0.6 is 0 Å². The zero-order valence-electron chi connectivity index (χ0n) is 12.8. The highest BCUT2D eigenvalue weighted by molar-refractivity contribution is 5.76. The highest BCUT2D eigenvalue weighted by Crippen LogP contribution is 2.18. The number of hydrogen-bond acceptors (Lipinski definition) is 4. The average Bonchev–Trinajstić information content (AvgIpc) is 2.51. The molecule has 0 aromatic heterocycles. The van der Waals surface area contributed by atoms with Gasteiger partial charge in [0, 0.05) is 26.1 Å². The van der Waals surface area contributed by atoms with Gasteiger partial charge in [-0.1, -0.05) is 18.2 Å². The quantitative estimate of drug-likeness (QED) is 0.852. The number of rotatable bonds is 6. The van der Waals surface area contributed by atoms with Crippen LogP contribution in [0.3, 0.4) is 0 Å². The first-order chi connectivity index (χ1) is 10.2. The number of aryl methyl sites for hydroxylation is 1. The van der Waals surface area contributed by atoms with Gasteiger partial charge in [-0.25, -0.2) is 0 Å². The molecule has 0 saturated carbocycles. The summed E-state index contributed by atoms with van der Waals surface area (Å²) in [6, 6.07) is 7.80. The van der Waals surface area contributed by atoms with Gasteiger partial charge < -0.3 is 19.7 Å². The van der Waals surface area contributed by atoms with Gasteiger partial charge in [0.1, 0.15) is 5.75 Å². The predicted octanol–water partition coefficient (Wildman–Crippen LogP) is 1.07. The van der Waals surface area contributed by atoms with Gasteiger partial charge in [0.15, 0.2) is 0 Å². The molecular formula is C16H24N2O3. The summed E-state index contributed by atoms with van der Waals surface area (Å²) in [5, 5.41) is 2.95. The van der Waals surface area contributed by atoms with E-state index in [2.05, 4.69) is 17.3 Å². The SMILES string of the molecule is COc1ccccc1CCC(=O)NCC1CN(C)CCO1. The molecule has 1 aromatic rings. The topological polar surface area (TPSA) is 50.8 Å². The largest absolute Gasteiger partial charge is 0.496 e. The Bertz CT molecular complexity index is 465. The van der Waals surface area contributed by atoms with E-state index in [1.54, 1.807) is 7.11 Å². The fraction of sp³-hybridized carbons (Fsp3) is 0.562. The van der Waals surface area contributed by atoms with Crippen molar-refractivity contribution in [3.05, 3.63) is 29.8 Å². The van der Waals surface area contributed by atoms with Gasteiger partial charge in [-0.15, -0.1) is 0 Å². The zero-order valence-corrected chi connectivity index (χ0v) is 12.8. The van der Waals surface area contributed by atoms with Crippen LogP contribution in [0.25, 0.3) is 0 Å². The number of amides is 1. The average molecular weight is 292 g/mol. The van der Waals surface area contributed by atoms with Gasteiger partial charge in [0.05, 0.1) is 19.8 Å². The van der Waals surface area contributed by atoms with Crippen molar-refractivity contribution in [2.24, 2.45) is 0 Å². The van der Waals surface area contributed by atoms with E-state index in [1.807, 2.05) is 24.3 Å². The Kier molecular flexibility index (Phi) is 6.02. The molecule has 21 heavy (non-hydrogen) atoms. The highest BCUT2D eigenvalue weighted by Gasteiger charge is 2.18. The highest BCUT2D eigenvalue weighted by atomic mass is 16.5. The van der Waals surface area contributed by atoms with E-state index in [0.29, 0.717) is 19.4 Å².